The van der Waals surface area contributed by atoms with Gasteiger partial charge in [0, 0.05) is 24.2 Å². The van der Waals surface area contributed by atoms with Crippen molar-refractivity contribution in [2.75, 3.05) is 6.61 Å². The smallest absolute Gasteiger partial charge is 0.243 e. The lowest BCUT2D eigenvalue weighted by Crippen LogP contribution is -2.40. The predicted molar refractivity (Wildman–Crippen MR) is 85.2 cm³/mol. The number of pyridine rings is 1. The number of hydrogen-bond acceptors (Lipinski definition) is 4. The van der Waals surface area contributed by atoms with Crippen LogP contribution in [-0.2, 0) is 14.8 Å². The maximum atomic E-state index is 12.7. The van der Waals surface area contributed by atoms with Crippen molar-refractivity contribution in [1.82, 2.24) is 9.71 Å². The fourth-order valence-corrected chi connectivity index (χ4v) is 4.29. The number of fused-ring (bicyclic) bond motifs is 1. The van der Waals surface area contributed by atoms with Crippen molar-refractivity contribution in [1.29, 1.82) is 0 Å². The third-order valence-corrected chi connectivity index (χ3v) is 5.55. The van der Waals surface area contributed by atoms with Crippen molar-refractivity contribution in [3.63, 3.8) is 0 Å². The lowest BCUT2D eigenvalue weighted by Gasteiger charge is -2.20. The van der Waals surface area contributed by atoms with E-state index in [-0.39, 0.29) is 17.0 Å². The molecule has 5 nitrogen and oxygen atoms in total. The molecule has 1 aromatic carbocycles. The Morgan fingerprint density at radius 1 is 1.41 bits per heavy atom. The third-order valence-electron chi connectivity index (χ3n) is 3.96. The normalized spacial score (nSPS) is 20.4. The highest BCUT2D eigenvalue weighted by Gasteiger charge is 2.28. The number of hydrogen-bond donors (Lipinski definition) is 1. The summed E-state index contributed by atoms with van der Waals surface area (Å²) in [4.78, 5) is 4.52. The number of sulfonamides is 1. The lowest BCUT2D eigenvalue weighted by molar-refractivity contribution is 0.0902. The zero-order valence-corrected chi connectivity index (χ0v) is 13.6. The van der Waals surface area contributed by atoms with E-state index in [0.29, 0.717) is 12.1 Å². The first kappa shape index (κ1) is 15.4. The molecular weight excluding hydrogens is 300 g/mol. The van der Waals surface area contributed by atoms with E-state index in [0.717, 1.165) is 23.8 Å². The van der Waals surface area contributed by atoms with Gasteiger partial charge in [0.1, 0.15) is 4.90 Å². The fourth-order valence-electron chi connectivity index (χ4n) is 2.84. The van der Waals surface area contributed by atoms with Crippen LogP contribution in [-0.4, -0.2) is 32.2 Å². The predicted octanol–water partition coefficient (Wildman–Crippen LogP) is 2.39. The van der Waals surface area contributed by atoms with Crippen LogP contribution in [0.4, 0.5) is 0 Å². The molecule has 1 aliphatic rings. The molecule has 22 heavy (non-hydrogen) atoms. The molecule has 1 fully saturated rings. The molecule has 0 radical (unpaired) electrons. The number of benzene rings is 1. The topological polar surface area (TPSA) is 68.3 Å². The van der Waals surface area contributed by atoms with E-state index in [1.165, 1.54) is 0 Å². The van der Waals surface area contributed by atoms with Gasteiger partial charge in [-0.25, -0.2) is 13.1 Å². The van der Waals surface area contributed by atoms with Gasteiger partial charge in [0.05, 0.1) is 11.6 Å². The Morgan fingerprint density at radius 3 is 2.95 bits per heavy atom. The van der Waals surface area contributed by atoms with Crippen LogP contribution in [0, 0.1) is 6.92 Å². The lowest BCUT2D eigenvalue weighted by atomic mass is 10.1. The molecule has 2 aromatic rings. The number of ether oxygens (including phenoxy) is 1. The SMILES string of the molecule is Cc1cnc2c(S(=O)(=O)N[C@@H](C)[C@H]3CCCO3)cccc2c1. The van der Waals surface area contributed by atoms with Crippen molar-refractivity contribution in [3.8, 4) is 0 Å². The average Bonchev–Trinajstić information content (AvgIpc) is 3.00. The highest BCUT2D eigenvalue weighted by molar-refractivity contribution is 7.89. The van der Waals surface area contributed by atoms with E-state index in [4.69, 9.17) is 4.74 Å². The maximum Gasteiger partial charge on any atom is 0.243 e. The first-order chi connectivity index (χ1) is 10.5. The van der Waals surface area contributed by atoms with Gasteiger partial charge in [-0.1, -0.05) is 12.1 Å². The third kappa shape index (κ3) is 2.99. The quantitative estimate of drug-likeness (QED) is 0.939. The molecular formula is C16H20N2O3S. The summed E-state index contributed by atoms with van der Waals surface area (Å²) in [6.07, 6.45) is 3.49. The van der Waals surface area contributed by atoms with Crippen molar-refractivity contribution in [2.24, 2.45) is 0 Å². The summed E-state index contributed by atoms with van der Waals surface area (Å²) in [5.41, 5.74) is 1.50. The Labute approximate surface area is 130 Å². The van der Waals surface area contributed by atoms with E-state index in [1.54, 1.807) is 18.3 Å². The van der Waals surface area contributed by atoms with E-state index < -0.39 is 10.0 Å². The second-order valence-corrected chi connectivity index (χ2v) is 7.48. The Bertz CT molecular complexity index is 783. The molecule has 0 bridgehead atoms. The zero-order valence-electron chi connectivity index (χ0n) is 12.7. The van der Waals surface area contributed by atoms with E-state index in [9.17, 15) is 8.42 Å². The van der Waals surface area contributed by atoms with Crippen LogP contribution in [0.15, 0.2) is 35.4 Å². The largest absolute Gasteiger partial charge is 0.377 e. The molecule has 118 valence electrons. The molecule has 1 saturated heterocycles. The second-order valence-electron chi connectivity index (χ2n) is 5.80. The number of rotatable bonds is 4. The zero-order chi connectivity index (χ0) is 15.7. The van der Waals surface area contributed by atoms with Gasteiger partial charge in [0.15, 0.2) is 0 Å². The first-order valence-corrected chi connectivity index (χ1v) is 8.95. The monoisotopic (exact) mass is 320 g/mol. The number of nitrogens with zero attached hydrogens (tertiary/aromatic N) is 1. The van der Waals surface area contributed by atoms with Crippen molar-refractivity contribution in [2.45, 2.75) is 43.7 Å². The second kappa shape index (κ2) is 5.95. The molecule has 6 heteroatoms. The van der Waals surface area contributed by atoms with Gasteiger partial charge in [0.2, 0.25) is 10.0 Å². The van der Waals surface area contributed by atoms with Crippen molar-refractivity contribution in [3.05, 3.63) is 36.0 Å². The van der Waals surface area contributed by atoms with E-state index >= 15 is 0 Å². The summed E-state index contributed by atoms with van der Waals surface area (Å²) < 4.78 is 33.7. The number of nitrogens with one attached hydrogen (secondary N) is 1. The number of aryl methyl sites for hydroxylation is 1. The van der Waals surface area contributed by atoms with Gasteiger partial charge in [0.25, 0.3) is 0 Å². The van der Waals surface area contributed by atoms with Gasteiger partial charge >= 0.3 is 0 Å². The highest BCUT2D eigenvalue weighted by atomic mass is 32.2. The summed E-state index contributed by atoms with van der Waals surface area (Å²) in [6.45, 7) is 4.48. The first-order valence-electron chi connectivity index (χ1n) is 7.47. The van der Waals surface area contributed by atoms with Gasteiger partial charge in [-0.3, -0.25) is 4.98 Å². The minimum atomic E-state index is -3.63. The Kier molecular flexibility index (Phi) is 4.16. The highest BCUT2D eigenvalue weighted by Crippen LogP contribution is 2.23. The summed E-state index contributed by atoms with van der Waals surface area (Å²) in [6, 6.07) is 6.89. The Morgan fingerprint density at radius 2 is 2.23 bits per heavy atom. The molecule has 2 atom stereocenters. The molecule has 1 aliphatic heterocycles. The summed E-state index contributed by atoms with van der Waals surface area (Å²) >= 11 is 0. The summed E-state index contributed by atoms with van der Waals surface area (Å²) in [5.74, 6) is 0. The van der Waals surface area contributed by atoms with Crippen molar-refractivity contribution >= 4 is 20.9 Å². The molecule has 0 aliphatic carbocycles. The average molecular weight is 320 g/mol. The van der Waals surface area contributed by atoms with Crippen LogP contribution in [0.5, 0.6) is 0 Å². The van der Waals surface area contributed by atoms with Gasteiger partial charge in [-0.05, 0) is 44.4 Å². The minimum absolute atomic E-state index is 0.0556. The van der Waals surface area contributed by atoms with Gasteiger partial charge < -0.3 is 4.74 Å². The number of aromatic nitrogens is 1. The molecule has 0 spiro atoms. The van der Waals surface area contributed by atoms with Gasteiger partial charge in [-0.2, -0.15) is 0 Å². The molecule has 0 amide bonds. The number of para-hydroxylation sites is 1. The van der Waals surface area contributed by atoms with Gasteiger partial charge in [-0.15, -0.1) is 0 Å². The standard InChI is InChI=1S/C16H20N2O3S/c1-11-9-13-5-3-7-15(16(13)17-10-11)22(19,20)18-12(2)14-6-4-8-21-14/h3,5,7,9-10,12,14,18H,4,6,8H2,1-2H3/t12-,14+/m0/s1. The van der Waals surface area contributed by atoms with Crippen LogP contribution in [0.2, 0.25) is 0 Å². The molecule has 1 aromatic heterocycles. The van der Waals surface area contributed by atoms with Crippen LogP contribution in [0.25, 0.3) is 10.9 Å². The minimum Gasteiger partial charge on any atom is -0.377 e. The van der Waals surface area contributed by atoms with Crippen LogP contribution >= 0.6 is 0 Å². The molecule has 2 heterocycles. The Balaban J connectivity index is 1.95. The summed E-state index contributed by atoms with van der Waals surface area (Å²) in [7, 11) is -3.63. The van der Waals surface area contributed by atoms with Crippen LogP contribution < -0.4 is 4.72 Å². The fraction of sp³-hybridized carbons (Fsp3) is 0.438. The summed E-state index contributed by atoms with van der Waals surface area (Å²) in [5, 5.41) is 0.827. The maximum absolute atomic E-state index is 12.7. The Hall–Kier alpha value is -1.50. The van der Waals surface area contributed by atoms with E-state index in [1.807, 2.05) is 26.0 Å². The molecule has 0 unspecified atom stereocenters. The van der Waals surface area contributed by atoms with E-state index in [2.05, 4.69) is 9.71 Å². The molecule has 0 saturated carbocycles. The van der Waals surface area contributed by atoms with Crippen molar-refractivity contribution < 1.29 is 13.2 Å². The van der Waals surface area contributed by atoms with Crippen LogP contribution in [0.1, 0.15) is 25.3 Å². The van der Waals surface area contributed by atoms with Crippen LogP contribution in [0.3, 0.4) is 0 Å². The molecule has 3 rings (SSSR count). The molecule has 1 N–H and O–H groups in total.